The average molecular weight is 668 g/mol. The van der Waals surface area contributed by atoms with Gasteiger partial charge in [0, 0.05) is 5.92 Å². The molecule has 2 aliphatic carbocycles. The van der Waals surface area contributed by atoms with Crippen molar-refractivity contribution in [3.63, 3.8) is 0 Å². The van der Waals surface area contributed by atoms with E-state index < -0.39 is 65.8 Å². The number of amides is 4. The summed E-state index contributed by atoms with van der Waals surface area (Å²) >= 11 is 0. The summed E-state index contributed by atoms with van der Waals surface area (Å²) in [4.78, 5) is 59.4. The van der Waals surface area contributed by atoms with Crippen molar-refractivity contribution in [3.8, 4) is 5.75 Å². The van der Waals surface area contributed by atoms with E-state index in [4.69, 9.17) is 0 Å². The summed E-state index contributed by atoms with van der Waals surface area (Å²) in [5.41, 5.74) is 5.82. The monoisotopic (exact) mass is 667 g/mol. The van der Waals surface area contributed by atoms with Gasteiger partial charge in [-0.25, -0.2) is 0 Å². The normalized spacial score (nSPS) is 27.1. The number of anilines is 2. The zero-order valence-electron chi connectivity index (χ0n) is 27.1. The van der Waals surface area contributed by atoms with Crippen LogP contribution in [0.1, 0.15) is 35.4 Å². The minimum atomic E-state index is -1.78. The topological polar surface area (TPSA) is 147 Å². The highest BCUT2D eigenvalue weighted by molar-refractivity contribution is 6.58. The molecular weight excluding hydrogens is 633 g/mol. The van der Waals surface area contributed by atoms with Gasteiger partial charge >= 0.3 is 7.12 Å². The van der Waals surface area contributed by atoms with E-state index >= 15 is 4.79 Å². The van der Waals surface area contributed by atoms with E-state index in [2.05, 4.69) is 5.43 Å². The van der Waals surface area contributed by atoms with E-state index in [-0.39, 0.29) is 29.7 Å². The second-order valence-corrected chi connectivity index (χ2v) is 13.7. The van der Waals surface area contributed by atoms with Crippen molar-refractivity contribution in [2.75, 3.05) is 10.3 Å². The molecule has 10 nitrogen and oxygen atoms in total. The summed E-state index contributed by atoms with van der Waals surface area (Å²) in [6, 6.07) is 29.3. The van der Waals surface area contributed by atoms with Crippen molar-refractivity contribution in [2.24, 2.45) is 23.7 Å². The Morgan fingerprint density at radius 2 is 1.52 bits per heavy atom. The first-order valence-electron chi connectivity index (χ1n) is 16.7. The van der Waals surface area contributed by atoms with E-state index in [0.29, 0.717) is 16.8 Å². The molecule has 0 aromatic heterocycles. The fourth-order valence-electron chi connectivity index (χ4n) is 8.87. The van der Waals surface area contributed by atoms with Gasteiger partial charge in [0.2, 0.25) is 11.8 Å². The van der Waals surface area contributed by atoms with Crippen LogP contribution in [0.3, 0.4) is 0 Å². The molecule has 11 heteroatoms. The maximum atomic E-state index is 15.1. The zero-order chi connectivity index (χ0) is 34.9. The Morgan fingerprint density at radius 1 is 0.800 bits per heavy atom. The van der Waals surface area contributed by atoms with Gasteiger partial charge in [-0.1, -0.05) is 83.9 Å². The number of carbonyl (C=O) groups excluding carboxylic acids is 4. The number of carbonyl (C=O) groups is 4. The van der Waals surface area contributed by atoms with E-state index in [1.54, 1.807) is 48.5 Å². The maximum absolute atomic E-state index is 15.1. The van der Waals surface area contributed by atoms with Gasteiger partial charge in [-0.2, -0.15) is 5.01 Å². The predicted octanol–water partition coefficient (Wildman–Crippen LogP) is 3.57. The second kappa shape index (κ2) is 11.8. The highest BCUT2D eigenvalue weighted by Gasteiger charge is 2.70. The number of rotatable bonds is 6. The highest BCUT2D eigenvalue weighted by atomic mass is 16.4. The van der Waals surface area contributed by atoms with Gasteiger partial charge in [-0.05, 0) is 78.7 Å². The molecule has 1 saturated carbocycles. The van der Waals surface area contributed by atoms with Crippen molar-refractivity contribution in [1.29, 1.82) is 0 Å². The third-order valence-electron chi connectivity index (χ3n) is 11.0. The van der Waals surface area contributed by atoms with Gasteiger partial charge in [0.25, 0.3) is 11.8 Å². The Hall–Kier alpha value is -5.52. The number of fused-ring (bicyclic) bond motifs is 4. The molecule has 2 aliphatic heterocycles. The van der Waals surface area contributed by atoms with Crippen molar-refractivity contribution in [3.05, 3.63) is 131 Å². The smallest absolute Gasteiger partial charge is 0.488 e. The van der Waals surface area contributed by atoms with Crippen LogP contribution in [-0.2, 0) is 24.6 Å². The van der Waals surface area contributed by atoms with E-state index in [9.17, 15) is 29.5 Å². The van der Waals surface area contributed by atoms with E-state index in [1.165, 1.54) is 12.1 Å². The van der Waals surface area contributed by atoms with Crippen molar-refractivity contribution in [1.82, 2.24) is 5.01 Å². The Kier molecular flexibility index (Phi) is 7.50. The Labute approximate surface area is 288 Å². The number of aryl methyl sites for hydroxylation is 1. The zero-order valence-corrected chi connectivity index (χ0v) is 27.1. The molecule has 4 aromatic carbocycles. The first-order chi connectivity index (χ1) is 24.1. The van der Waals surface area contributed by atoms with Crippen LogP contribution in [0.4, 0.5) is 11.4 Å². The molecule has 0 spiro atoms. The number of hydrazine groups is 1. The largest absolute Gasteiger partial charge is 0.508 e. The lowest BCUT2D eigenvalue weighted by Crippen LogP contribution is -2.53. The summed E-state index contributed by atoms with van der Waals surface area (Å²) in [5.74, 6) is -5.29. The Morgan fingerprint density at radius 3 is 2.22 bits per heavy atom. The molecule has 3 fully saturated rings. The van der Waals surface area contributed by atoms with Crippen molar-refractivity contribution in [2.45, 2.75) is 31.1 Å². The molecule has 4 N–H and O–H groups in total. The second-order valence-electron chi connectivity index (χ2n) is 13.7. The van der Waals surface area contributed by atoms with E-state index in [1.807, 2.05) is 55.5 Å². The predicted molar refractivity (Wildman–Crippen MR) is 186 cm³/mol. The number of imide groups is 2. The number of phenolic OH excluding ortho intramolecular Hbond substituents is 1. The Balaban J connectivity index is 1.29. The molecule has 2 saturated heterocycles. The standard InChI is InChI=1S/C39H34BN3O7/c1-22-10-14-26(15-11-22)41-43-36(46)32-21-31-29(18-19-30-33(31)37(47)42(35(30)45)27-9-5-8-25(20-27)40(49)50)34(23-12-16-28(44)17-13-23)39(32,38(43)48)24-6-3-2-4-7-24/h2-18,20,30-34,41,44,49-50H,19,21H2,1H3/t30-,31+,32-,33-,34-,39+/m0/s1. The SMILES string of the molecule is Cc1ccc(NN2C(=O)[C@@H]3C[C@@H]4C(=CC[C@@H]5C(=O)N(c6cccc(B(O)O)c6)C(=O)[C@@H]54)[C@H](c4ccc(O)cc4)[C@]3(c3ccccc3)C2=O)cc1. The summed E-state index contributed by atoms with van der Waals surface area (Å²) in [7, 11) is -1.78. The van der Waals surface area contributed by atoms with Gasteiger partial charge in [-0.15, -0.1) is 0 Å². The van der Waals surface area contributed by atoms with Crippen LogP contribution in [0.25, 0.3) is 0 Å². The van der Waals surface area contributed by atoms with Crippen LogP contribution >= 0.6 is 0 Å². The lowest BCUT2D eigenvalue weighted by atomic mass is 9.49. The first kappa shape index (κ1) is 31.7. The molecule has 6 atom stereocenters. The number of benzene rings is 4. The van der Waals surface area contributed by atoms with Crippen molar-refractivity contribution < 1.29 is 34.3 Å². The third kappa shape index (κ3) is 4.64. The fourth-order valence-corrected chi connectivity index (χ4v) is 8.87. The van der Waals surface area contributed by atoms with Crippen LogP contribution in [0, 0.1) is 30.6 Å². The minimum Gasteiger partial charge on any atom is -0.508 e. The number of aromatic hydroxyl groups is 1. The highest BCUT2D eigenvalue weighted by Crippen LogP contribution is 2.64. The summed E-state index contributed by atoms with van der Waals surface area (Å²) < 4.78 is 0. The molecule has 2 heterocycles. The summed E-state index contributed by atoms with van der Waals surface area (Å²) in [5, 5.41) is 31.0. The molecule has 0 bridgehead atoms. The van der Waals surface area contributed by atoms with Crippen LogP contribution in [-0.4, -0.2) is 50.9 Å². The number of nitrogens with zero attached hydrogens (tertiary/aromatic N) is 2. The molecule has 0 unspecified atom stereocenters. The number of allylic oxidation sites excluding steroid dienone is 2. The molecule has 4 amide bonds. The summed E-state index contributed by atoms with van der Waals surface area (Å²) in [6.07, 6.45) is 2.37. The molecule has 4 aliphatic rings. The van der Waals surface area contributed by atoms with Crippen LogP contribution < -0.4 is 15.8 Å². The fraction of sp³-hybridized carbons (Fsp3) is 0.231. The number of hydrogen-bond donors (Lipinski definition) is 4. The molecular formula is C39H34BN3O7. The molecule has 250 valence electrons. The molecule has 50 heavy (non-hydrogen) atoms. The van der Waals surface area contributed by atoms with Crippen LogP contribution in [0.2, 0.25) is 0 Å². The van der Waals surface area contributed by atoms with Crippen LogP contribution in [0.5, 0.6) is 5.75 Å². The lowest BCUT2D eigenvalue weighted by molar-refractivity contribution is -0.138. The maximum Gasteiger partial charge on any atom is 0.488 e. The first-order valence-corrected chi connectivity index (χ1v) is 16.7. The van der Waals surface area contributed by atoms with Gasteiger partial charge in [0.1, 0.15) is 5.75 Å². The molecule has 0 radical (unpaired) electrons. The quantitative estimate of drug-likeness (QED) is 0.139. The van der Waals surface area contributed by atoms with Crippen LogP contribution in [0.15, 0.2) is 115 Å². The Bertz CT molecular complexity index is 2070. The number of nitrogens with one attached hydrogen (secondary N) is 1. The average Bonchev–Trinajstić information content (AvgIpc) is 3.51. The molecule has 8 rings (SSSR count). The van der Waals surface area contributed by atoms with Gasteiger partial charge < -0.3 is 15.2 Å². The van der Waals surface area contributed by atoms with Gasteiger partial charge in [0.05, 0.1) is 34.5 Å². The summed E-state index contributed by atoms with van der Waals surface area (Å²) in [6.45, 7) is 1.95. The lowest BCUT2D eigenvalue weighted by Gasteiger charge is -2.50. The number of phenols is 1. The van der Waals surface area contributed by atoms with Gasteiger partial charge in [0.15, 0.2) is 0 Å². The third-order valence-corrected chi connectivity index (χ3v) is 11.0. The number of hydrogen-bond acceptors (Lipinski definition) is 8. The van der Waals surface area contributed by atoms with Crippen molar-refractivity contribution >= 4 is 47.6 Å². The molecule has 4 aromatic rings. The van der Waals surface area contributed by atoms with E-state index in [0.717, 1.165) is 21.0 Å². The minimum absolute atomic E-state index is 0.0445. The van der Waals surface area contributed by atoms with Gasteiger partial charge in [-0.3, -0.25) is 29.5 Å².